The third kappa shape index (κ3) is 5.50. The summed E-state index contributed by atoms with van der Waals surface area (Å²) in [7, 11) is 3.08. The van der Waals surface area contributed by atoms with Gasteiger partial charge in [-0.05, 0) is 37.3 Å². The van der Waals surface area contributed by atoms with E-state index in [1.807, 2.05) is 0 Å². The van der Waals surface area contributed by atoms with Crippen LogP contribution in [0.3, 0.4) is 0 Å². The second-order valence-corrected chi connectivity index (χ2v) is 6.85. The van der Waals surface area contributed by atoms with Gasteiger partial charge in [-0.1, -0.05) is 17.3 Å². The Bertz CT molecular complexity index is 994. The molecular weight excluding hydrogens is 407 g/mol. The molecule has 2 aromatic rings. The first-order valence-electron chi connectivity index (χ1n) is 9.57. The minimum absolute atomic E-state index is 0.126. The van der Waals surface area contributed by atoms with Crippen LogP contribution in [0, 0.1) is 5.82 Å². The number of amides is 1. The van der Waals surface area contributed by atoms with Gasteiger partial charge >= 0.3 is 5.97 Å². The zero-order chi connectivity index (χ0) is 22.4. The number of halogens is 1. The van der Waals surface area contributed by atoms with Crippen LogP contribution in [0.2, 0.25) is 0 Å². The molecule has 0 aromatic heterocycles. The normalized spacial score (nSPS) is 16.0. The first-order valence-corrected chi connectivity index (χ1v) is 9.57. The molecule has 1 N–H and O–H groups in total. The number of oxime groups is 1. The fourth-order valence-corrected chi connectivity index (χ4v) is 3.11. The minimum atomic E-state index is -0.984. The number of hydrogen-bond acceptors (Lipinski definition) is 7. The molecule has 2 aromatic carbocycles. The standard InChI is InChI=1S/C22H23FN2O6/c1-13(17-10-16(28-2)7-8-19(17)29-3)24-21(26)12-30-22(27)20-11-18(25-31-20)14-5-4-6-15(23)9-14/h4-10,13,20H,11-12H2,1-3H3,(H,24,26). The van der Waals surface area contributed by atoms with Crippen molar-refractivity contribution in [3.63, 3.8) is 0 Å². The van der Waals surface area contributed by atoms with Crippen molar-refractivity contribution in [3.05, 3.63) is 59.4 Å². The number of esters is 1. The maximum Gasteiger partial charge on any atom is 0.351 e. The van der Waals surface area contributed by atoms with E-state index in [-0.39, 0.29) is 6.42 Å². The summed E-state index contributed by atoms with van der Waals surface area (Å²) in [6.45, 7) is 1.29. The van der Waals surface area contributed by atoms with Gasteiger partial charge in [0.15, 0.2) is 6.61 Å². The van der Waals surface area contributed by atoms with Crippen molar-refractivity contribution in [1.29, 1.82) is 0 Å². The molecule has 9 heteroatoms. The average molecular weight is 430 g/mol. The topological polar surface area (TPSA) is 95.5 Å². The summed E-state index contributed by atoms with van der Waals surface area (Å²) in [5, 5.41) is 6.57. The third-order valence-electron chi connectivity index (χ3n) is 4.72. The molecule has 1 amide bonds. The highest BCUT2D eigenvalue weighted by Crippen LogP contribution is 2.29. The van der Waals surface area contributed by atoms with Crippen molar-refractivity contribution < 1.29 is 33.0 Å². The average Bonchev–Trinajstić information content (AvgIpc) is 3.27. The lowest BCUT2D eigenvalue weighted by Gasteiger charge is -2.18. The van der Waals surface area contributed by atoms with Gasteiger partial charge in [0.1, 0.15) is 17.3 Å². The molecule has 0 bridgehead atoms. The number of ether oxygens (including phenoxy) is 3. The molecule has 0 fully saturated rings. The molecule has 1 aliphatic rings. The van der Waals surface area contributed by atoms with Gasteiger partial charge in [-0.25, -0.2) is 9.18 Å². The first-order chi connectivity index (χ1) is 14.9. The molecule has 0 radical (unpaired) electrons. The summed E-state index contributed by atoms with van der Waals surface area (Å²) < 4.78 is 28.9. The predicted molar refractivity (Wildman–Crippen MR) is 109 cm³/mol. The largest absolute Gasteiger partial charge is 0.497 e. The van der Waals surface area contributed by atoms with E-state index >= 15 is 0 Å². The van der Waals surface area contributed by atoms with E-state index in [4.69, 9.17) is 19.0 Å². The van der Waals surface area contributed by atoms with E-state index in [1.165, 1.54) is 19.2 Å². The Morgan fingerprint density at radius 3 is 2.74 bits per heavy atom. The van der Waals surface area contributed by atoms with Gasteiger partial charge < -0.3 is 24.4 Å². The second-order valence-electron chi connectivity index (χ2n) is 6.85. The number of benzene rings is 2. The van der Waals surface area contributed by atoms with Crippen LogP contribution in [0.5, 0.6) is 11.5 Å². The summed E-state index contributed by atoms with van der Waals surface area (Å²) in [5.41, 5.74) is 1.67. The van der Waals surface area contributed by atoms with E-state index < -0.39 is 36.4 Å². The molecule has 1 aliphatic heterocycles. The van der Waals surface area contributed by atoms with Crippen LogP contribution < -0.4 is 14.8 Å². The molecule has 0 saturated carbocycles. The molecule has 3 rings (SSSR count). The Hall–Kier alpha value is -3.62. The molecule has 2 unspecified atom stereocenters. The lowest BCUT2D eigenvalue weighted by Crippen LogP contribution is -2.33. The third-order valence-corrected chi connectivity index (χ3v) is 4.72. The number of carbonyl (C=O) groups is 2. The number of rotatable bonds is 8. The first kappa shape index (κ1) is 22.1. The van der Waals surface area contributed by atoms with Crippen molar-refractivity contribution in [2.75, 3.05) is 20.8 Å². The maximum absolute atomic E-state index is 13.4. The minimum Gasteiger partial charge on any atom is -0.497 e. The van der Waals surface area contributed by atoms with E-state index in [9.17, 15) is 14.0 Å². The monoisotopic (exact) mass is 430 g/mol. The summed E-state index contributed by atoms with van der Waals surface area (Å²) in [6, 6.07) is 10.7. The fraction of sp³-hybridized carbons (Fsp3) is 0.318. The lowest BCUT2D eigenvalue weighted by atomic mass is 10.1. The molecule has 2 atom stereocenters. The van der Waals surface area contributed by atoms with Crippen LogP contribution in [-0.2, 0) is 19.2 Å². The van der Waals surface area contributed by atoms with Gasteiger partial charge in [0.05, 0.1) is 26.0 Å². The van der Waals surface area contributed by atoms with E-state index in [0.29, 0.717) is 28.3 Å². The highest BCUT2D eigenvalue weighted by molar-refractivity contribution is 6.03. The smallest absolute Gasteiger partial charge is 0.351 e. The van der Waals surface area contributed by atoms with Crippen molar-refractivity contribution in [1.82, 2.24) is 5.32 Å². The van der Waals surface area contributed by atoms with Crippen LogP contribution in [0.4, 0.5) is 4.39 Å². The molecule has 1 heterocycles. The van der Waals surface area contributed by atoms with Crippen molar-refractivity contribution in [3.8, 4) is 11.5 Å². The zero-order valence-electron chi connectivity index (χ0n) is 17.4. The maximum atomic E-state index is 13.4. The molecular formula is C22H23FN2O6. The van der Waals surface area contributed by atoms with Crippen molar-refractivity contribution in [2.24, 2.45) is 5.16 Å². The number of nitrogens with one attached hydrogen (secondary N) is 1. The Kier molecular flexibility index (Phi) is 7.07. The van der Waals surface area contributed by atoms with Crippen molar-refractivity contribution in [2.45, 2.75) is 25.5 Å². The van der Waals surface area contributed by atoms with Crippen LogP contribution in [0.15, 0.2) is 47.6 Å². The van der Waals surface area contributed by atoms with Gasteiger partial charge in [0.2, 0.25) is 6.10 Å². The van der Waals surface area contributed by atoms with Crippen LogP contribution >= 0.6 is 0 Å². The Morgan fingerprint density at radius 1 is 1.23 bits per heavy atom. The van der Waals surface area contributed by atoms with Gasteiger partial charge in [-0.2, -0.15) is 0 Å². The van der Waals surface area contributed by atoms with E-state index in [2.05, 4.69) is 10.5 Å². The predicted octanol–water partition coefficient (Wildman–Crippen LogP) is 2.76. The van der Waals surface area contributed by atoms with Crippen molar-refractivity contribution >= 4 is 17.6 Å². The fourth-order valence-electron chi connectivity index (χ4n) is 3.11. The molecule has 0 saturated heterocycles. The molecule has 0 aliphatic carbocycles. The molecule has 31 heavy (non-hydrogen) atoms. The Balaban J connectivity index is 1.50. The lowest BCUT2D eigenvalue weighted by molar-refractivity contribution is -0.158. The second kappa shape index (κ2) is 9.92. The van der Waals surface area contributed by atoms with E-state index in [0.717, 1.165) is 0 Å². The molecule has 8 nitrogen and oxygen atoms in total. The van der Waals surface area contributed by atoms with E-state index in [1.54, 1.807) is 44.4 Å². The summed E-state index contributed by atoms with van der Waals surface area (Å²) >= 11 is 0. The number of hydrogen-bond donors (Lipinski definition) is 1. The van der Waals surface area contributed by atoms with Gasteiger partial charge in [0.25, 0.3) is 5.91 Å². The summed E-state index contributed by atoms with van der Waals surface area (Å²) in [6.07, 6.45) is -0.858. The summed E-state index contributed by atoms with van der Waals surface area (Å²) in [5.74, 6) is -0.417. The Labute approximate surface area is 178 Å². The number of carbonyl (C=O) groups excluding carboxylic acids is 2. The zero-order valence-corrected chi connectivity index (χ0v) is 17.4. The van der Waals surface area contributed by atoms with Crippen LogP contribution in [0.1, 0.15) is 30.5 Å². The summed E-state index contributed by atoms with van der Waals surface area (Å²) in [4.78, 5) is 29.6. The van der Waals surface area contributed by atoms with Crippen LogP contribution in [-0.4, -0.2) is 44.5 Å². The SMILES string of the molecule is COc1ccc(OC)c(C(C)NC(=O)COC(=O)C2CC(c3cccc(F)c3)=NO2)c1. The van der Waals surface area contributed by atoms with Gasteiger partial charge in [-0.3, -0.25) is 4.79 Å². The molecule has 0 spiro atoms. The van der Waals surface area contributed by atoms with Crippen LogP contribution in [0.25, 0.3) is 0 Å². The van der Waals surface area contributed by atoms with Gasteiger partial charge in [-0.15, -0.1) is 0 Å². The molecule has 164 valence electrons. The Morgan fingerprint density at radius 2 is 2.03 bits per heavy atom. The highest BCUT2D eigenvalue weighted by Gasteiger charge is 2.31. The highest BCUT2D eigenvalue weighted by atomic mass is 19.1. The quantitative estimate of drug-likeness (QED) is 0.647. The number of methoxy groups -OCH3 is 2. The number of nitrogens with zero attached hydrogens (tertiary/aromatic N) is 1. The van der Waals surface area contributed by atoms with Gasteiger partial charge in [0, 0.05) is 17.5 Å².